The van der Waals surface area contributed by atoms with Crippen molar-refractivity contribution in [1.29, 1.82) is 0 Å². The first-order valence-corrected chi connectivity index (χ1v) is 18.5. The van der Waals surface area contributed by atoms with Gasteiger partial charge in [0, 0.05) is 44.3 Å². The molecule has 1 fully saturated rings. The Morgan fingerprint density at radius 2 is 1.87 bits per heavy atom. The number of anilines is 1. The zero-order chi connectivity index (χ0) is 32.6. The number of nitrogens with zero attached hydrogens (tertiary/aromatic N) is 2. The van der Waals surface area contributed by atoms with Gasteiger partial charge in [0.25, 0.3) is 15.9 Å². The molecule has 2 aliphatic rings. The summed E-state index contributed by atoms with van der Waals surface area (Å²) in [5.74, 6) is 0.00651. The molecule has 12 heteroatoms. The predicted molar refractivity (Wildman–Crippen MR) is 176 cm³/mol. The number of benzene rings is 1. The second kappa shape index (κ2) is 16.2. The van der Waals surface area contributed by atoms with Crippen LogP contribution in [0.4, 0.5) is 5.69 Å². The molecule has 10 nitrogen and oxygen atoms in total. The monoisotopic (exact) mass is 663 g/mol. The van der Waals surface area contributed by atoms with Crippen LogP contribution in [0.25, 0.3) is 0 Å². The van der Waals surface area contributed by atoms with Crippen molar-refractivity contribution in [3.8, 4) is 5.75 Å². The van der Waals surface area contributed by atoms with Crippen LogP contribution in [0.15, 0.2) is 39.9 Å². The summed E-state index contributed by atoms with van der Waals surface area (Å²) in [5, 5.41) is 11.9. The molecule has 1 aliphatic carbocycles. The van der Waals surface area contributed by atoms with Crippen LogP contribution in [0.3, 0.4) is 0 Å². The maximum absolute atomic E-state index is 14.3. The predicted octanol–water partition coefficient (Wildman–Crippen LogP) is 5.38. The first-order chi connectivity index (χ1) is 21.5. The number of carbonyl (C=O) groups excluding carboxylic acids is 2. The van der Waals surface area contributed by atoms with Gasteiger partial charge in [-0.15, -0.1) is 11.3 Å². The van der Waals surface area contributed by atoms with Crippen molar-refractivity contribution in [2.45, 2.75) is 94.6 Å². The highest BCUT2D eigenvalue weighted by atomic mass is 32.2. The Morgan fingerprint density at radius 3 is 2.56 bits per heavy atom. The molecule has 1 aromatic heterocycles. The standard InChI is InChI=1S/C33H49N3O7S2/c1-23-20-36(24(2)22-37)33(39)28-19-27(34-45(40,41)31-14-10-18-44-31)15-16-29(28)43-25(3)11-8-9-17-42-30(23)21-35(4)32(38)26-12-6-5-7-13-26/h10,14-16,18-19,23-26,30,34,37H,5-9,11-13,17,20-22H2,1-4H3/t23-,24+,25+,30+/m0/s1. The quantitative estimate of drug-likeness (QED) is 0.388. The second-order valence-electron chi connectivity index (χ2n) is 12.6. The van der Waals surface area contributed by atoms with Crippen LogP contribution < -0.4 is 9.46 Å². The van der Waals surface area contributed by atoms with Gasteiger partial charge in [0.2, 0.25) is 5.91 Å². The average molecular weight is 664 g/mol. The molecule has 1 aliphatic heterocycles. The fraction of sp³-hybridized carbons (Fsp3) is 0.636. The summed E-state index contributed by atoms with van der Waals surface area (Å²) in [6.07, 6.45) is 7.08. The van der Waals surface area contributed by atoms with E-state index in [9.17, 15) is 23.1 Å². The molecule has 1 aromatic carbocycles. The summed E-state index contributed by atoms with van der Waals surface area (Å²) in [6, 6.07) is 7.38. The molecular weight excluding hydrogens is 615 g/mol. The third-order valence-corrected chi connectivity index (χ3v) is 11.6. The topological polar surface area (TPSA) is 125 Å². The van der Waals surface area contributed by atoms with E-state index in [0.29, 0.717) is 18.9 Å². The molecule has 1 saturated carbocycles. The summed E-state index contributed by atoms with van der Waals surface area (Å²) >= 11 is 1.10. The molecule has 2 amide bonds. The Balaban J connectivity index is 1.63. The number of amides is 2. The van der Waals surface area contributed by atoms with Crippen molar-refractivity contribution in [2.75, 3.05) is 38.1 Å². The molecule has 0 radical (unpaired) electrons. The van der Waals surface area contributed by atoms with Crippen molar-refractivity contribution < 1.29 is 32.6 Å². The van der Waals surface area contributed by atoms with Crippen molar-refractivity contribution in [3.05, 3.63) is 41.3 Å². The average Bonchev–Trinajstić information content (AvgIpc) is 3.59. The van der Waals surface area contributed by atoms with Gasteiger partial charge in [0.05, 0.1) is 30.4 Å². The van der Waals surface area contributed by atoms with Crippen LogP contribution in [-0.4, -0.2) is 86.7 Å². The van der Waals surface area contributed by atoms with Crippen molar-refractivity contribution in [3.63, 3.8) is 0 Å². The lowest BCUT2D eigenvalue weighted by Crippen LogP contribution is -2.48. The van der Waals surface area contributed by atoms with E-state index in [-0.39, 0.29) is 64.5 Å². The van der Waals surface area contributed by atoms with Gasteiger partial charge in [0.1, 0.15) is 9.96 Å². The summed E-state index contributed by atoms with van der Waals surface area (Å²) in [4.78, 5) is 31.0. The normalized spacial score (nSPS) is 23.4. The first kappa shape index (κ1) is 35.2. The third-order valence-electron chi connectivity index (χ3n) is 8.85. The number of fused-ring (bicyclic) bond motifs is 1. The van der Waals surface area contributed by atoms with Crippen molar-refractivity contribution in [1.82, 2.24) is 9.80 Å². The number of sulfonamides is 1. The van der Waals surface area contributed by atoms with Gasteiger partial charge < -0.3 is 24.4 Å². The van der Waals surface area contributed by atoms with E-state index in [1.54, 1.807) is 40.3 Å². The number of nitrogens with one attached hydrogen (secondary N) is 1. The fourth-order valence-electron chi connectivity index (χ4n) is 6.09. The van der Waals surface area contributed by atoms with Gasteiger partial charge in [-0.3, -0.25) is 14.3 Å². The maximum atomic E-state index is 14.3. The number of aliphatic hydroxyl groups excluding tert-OH is 1. The van der Waals surface area contributed by atoms with Gasteiger partial charge in [-0.05, 0) is 75.6 Å². The Labute approximate surface area is 272 Å². The highest BCUT2D eigenvalue weighted by Crippen LogP contribution is 2.30. The van der Waals surface area contributed by atoms with Crippen LogP contribution in [0.5, 0.6) is 5.75 Å². The fourth-order valence-corrected chi connectivity index (χ4v) is 8.13. The summed E-state index contributed by atoms with van der Waals surface area (Å²) in [7, 11) is -2.00. The SMILES string of the molecule is C[C@@H]1CCCCO[C@H](CN(C)C(=O)C2CCCCC2)[C@@H](C)CN([C@H](C)CO)C(=O)c2cc(NS(=O)(=O)c3cccs3)ccc2O1. The molecule has 2 aromatic rings. The number of hydrogen-bond donors (Lipinski definition) is 2. The minimum absolute atomic E-state index is 0.0504. The van der Waals surface area contributed by atoms with E-state index < -0.39 is 16.1 Å². The molecule has 0 spiro atoms. The van der Waals surface area contributed by atoms with Gasteiger partial charge in [0.15, 0.2) is 0 Å². The Morgan fingerprint density at radius 1 is 1.13 bits per heavy atom. The van der Waals surface area contributed by atoms with E-state index in [2.05, 4.69) is 4.72 Å². The molecule has 0 bridgehead atoms. The van der Waals surface area contributed by atoms with Gasteiger partial charge in [-0.25, -0.2) is 8.42 Å². The van der Waals surface area contributed by atoms with E-state index in [0.717, 1.165) is 56.3 Å². The lowest BCUT2D eigenvalue weighted by molar-refractivity contribution is -0.137. The molecular formula is C33H49N3O7S2. The largest absolute Gasteiger partial charge is 0.490 e. The Kier molecular flexibility index (Phi) is 12.7. The Bertz CT molecular complexity index is 1360. The molecule has 2 N–H and O–H groups in total. The van der Waals surface area contributed by atoms with Gasteiger partial charge >= 0.3 is 0 Å². The molecule has 45 heavy (non-hydrogen) atoms. The molecule has 4 atom stereocenters. The van der Waals surface area contributed by atoms with Crippen molar-refractivity contribution >= 4 is 38.9 Å². The summed E-state index contributed by atoms with van der Waals surface area (Å²) in [5.41, 5.74) is 0.446. The first-order valence-electron chi connectivity index (χ1n) is 16.2. The number of hydrogen-bond acceptors (Lipinski definition) is 8. The number of likely N-dealkylation sites (N-methyl/N-ethyl adjacent to an activating group) is 1. The Hall–Kier alpha value is -2.67. The number of ether oxygens (including phenoxy) is 2. The van der Waals surface area contributed by atoms with Crippen LogP contribution in [0, 0.1) is 11.8 Å². The van der Waals surface area contributed by atoms with E-state index in [4.69, 9.17) is 9.47 Å². The molecule has 0 saturated heterocycles. The lowest BCUT2D eigenvalue weighted by Gasteiger charge is -2.36. The minimum Gasteiger partial charge on any atom is -0.490 e. The highest BCUT2D eigenvalue weighted by Gasteiger charge is 2.32. The van der Waals surface area contributed by atoms with E-state index in [1.165, 1.54) is 18.6 Å². The van der Waals surface area contributed by atoms with Crippen LogP contribution in [0.2, 0.25) is 0 Å². The van der Waals surface area contributed by atoms with Crippen LogP contribution >= 0.6 is 11.3 Å². The number of thiophene rings is 1. The number of aliphatic hydroxyl groups is 1. The molecule has 250 valence electrons. The van der Waals surface area contributed by atoms with Crippen LogP contribution in [0.1, 0.15) is 82.5 Å². The van der Waals surface area contributed by atoms with Crippen molar-refractivity contribution in [2.24, 2.45) is 11.8 Å². The summed E-state index contributed by atoms with van der Waals surface area (Å²) in [6.45, 7) is 6.66. The third kappa shape index (κ3) is 9.43. The molecule has 4 rings (SSSR count). The summed E-state index contributed by atoms with van der Waals surface area (Å²) < 4.78 is 41.4. The smallest absolute Gasteiger partial charge is 0.271 e. The van der Waals surface area contributed by atoms with Crippen LogP contribution in [-0.2, 0) is 19.6 Å². The highest BCUT2D eigenvalue weighted by molar-refractivity contribution is 7.94. The minimum atomic E-state index is -3.84. The maximum Gasteiger partial charge on any atom is 0.271 e. The molecule has 2 heterocycles. The zero-order valence-electron chi connectivity index (χ0n) is 26.9. The van der Waals surface area contributed by atoms with Gasteiger partial charge in [-0.1, -0.05) is 32.3 Å². The lowest BCUT2D eigenvalue weighted by atomic mass is 9.88. The van der Waals surface area contributed by atoms with E-state index >= 15 is 0 Å². The molecule has 0 unspecified atom stereocenters. The van der Waals surface area contributed by atoms with E-state index in [1.807, 2.05) is 20.9 Å². The van der Waals surface area contributed by atoms with Gasteiger partial charge in [-0.2, -0.15) is 0 Å². The zero-order valence-corrected chi connectivity index (χ0v) is 28.6. The number of carbonyl (C=O) groups is 2. The number of rotatable bonds is 8. The second-order valence-corrected chi connectivity index (χ2v) is 15.5.